The van der Waals surface area contributed by atoms with Crippen molar-refractivity contribution in [1.82, 2.24) is 18.9 Å². The van der Waals surface area contributed by atoms with Crippen molar-refractivity contribution in [2.24, 2.45) is 5.41 Å². The molecule has 0 aliphatic heterocycles. The van der Waals surface area contributed by atoms with Gasteiger partial charge < -0.3 is 10.4 Å². The number of aryl methyl sites for hydroxylation is 1. The molecule has 2 N–H and O–H groups in total. The number of anilines is 1. The molecule has 1 atom stereocenters. The molecule has 0 radical (unpaired) electrons. The molecule has 196 valence electrons. The molecule has 0 spiro atoms. The highest BCUT2D eigenvalue weighted by Crippen LogP contribution is 2.32. The minimum Gasteiger partial charge on any atom is -0.391 e. The van der Waals surface area contributed by atoms with Crippen molar-refractivity contribution in [3.05, 3.63) is 66.1 Å². The molecule has 0 saturated carbocycles. The summed E-state index contributed by atoms with van der Waals surface area (Å²) in [6.07, 6.45) is 3.69. The summed E-state index contributed by atoms with van der Waals surface area (Å²) in [5.41, 5.74) is 1.08. The largest absolute Gasteiger partial charge is 0.391 e. The number of benzene rings is 1. The highest BCUT2D eigenvalue weighted by Gasteiger charge is 2.25. The highest BCUT2D eigenvalue weighted by molar-refractivity contribution is 7.90. The fourth-order valence-electron chi connectivity index (χ4n) is 3.78. The Balaban J connectivity index is 1.72. The van der Waals surface area contributed by atoms with Gasteiger partial charge in [0.15, 0.2) is 23.1 Å². The molecule has 11 heteroatoms. The maximum atomic E-state index is 14.5. The molecular formula is C26H29F2N5O3S. The number of hydrogen-bond donors (Lipinski definition) is 2. The zero-order chi connectivity index (χ0) is 27.0. The normalized spacial score (nSPS) is 13.2. The van der Waals surface area contributed by atoms with E-state index >= 15 is 0 Å². The van der Waals surface area contributed by atoms with Gasteiger partial charge in [0, 0.05) is 23.7 Å². The van der Waals surface area contributed by atoms with Crippen LogP contribution in [-0.2, 0) is 10.0 Å². The quantitative estimate of drug-likeness (QED) is 0.334. The SMILES string of the molecule is Cc1ccc(S(=O)(=O)n2cc(-c3ncc(F)c(NCC(O)CCC(C)(C)C)n3)c3cc(F)cnc32)cc1. The summed E-state index contributed by atoms with van der Waals surface area (Å²) in [5.74, 6) is -1.61. The monoisotopic (exact) mass is 529 g/mol. The summed E-state index contributed by atoms with van der Waals surface area (Å²) < 4.78 is 56.4. The fourth-order valence-corrected chi connectivity index (χ4v) is 5.10. The van der Waals surface area contributed by atoms with Crippen LogP contribution in [0.4, 0.5) is 14.6 Å². The highest BCUT2D eigenvalue weighted by atomic mass is 32.2. The Morgan fingerprint density at radius 3 is 2.49 bits per heavy atom. The molecule has 0 aliphatic carbocycles. The van der Waals surface area contributed by atoms with Crippen molar-refractivity contribution in [2.75, 3.05) is 11.9 Å². The summed E-state index contributed by atoms with van der Waals surface area (Å²) >= 11 is 0. The van der Waals surface area contributed by atoms with Crippen LogP contribution in [0.15, 0.2) is 53.8 Å². The minimum absolute atomic E-state index is 0.0167. The molecule has 8 nitrogen and oxygen atoms in total. The predicted molar refractivity (Wildman–Crippen MR) is 138 cm³/mol. The van der Waals surface area contributed by atoms with E-state index in [9.17, 15) is 22.3 Å². The van der Waals surface area contributed by atoms with Crippen molar-refractivity contribution in [3.63, 3.8) is 0 Å². The van der Waals surface area contributed by atoms with Crippen molar-refractivity contribution >= 4 is 26.9 Å². The Morgan fingerprint density at radius 1 is 1.11 bits per heavy atom. The number of hydrogen-bond acceptors (Lipinski definition) is 7. The molecule has 0 saturated heterocycles. The first-order valence-corrected chi connectivity index (χ1v) is 13.2. The van der Waals surface area contributed by atoms with Gasteiger partial charge in [-0.1, -0.05) is 38.5 Å². The topological polar surface area (TPSA) is 110 Å². The van der Waals surface area contributed by atoms with E-state index in [0.29, 0.717) is 6.42 Å². The number of halogens is 2. The van der Waals surface area contributed by atoms with Crippen LogP contribution in [0, 0.1) is 24.0 Å². The smallest absolute Gasteiger partial charge is 0.269 e. The second-order valence-corrected chi connectivity index (χ2v) is 12.0. The van der Waals surface area contributed by atoms with Crippen molar-refractivity contribution in [2.45, 2.75) is 51.5 Å². The number of nitrogens with zero attached hydrogens (tertiary/aromatic N) is 4. The Morgan fingerprint density at radius 2 is 1.81 bits per heavy atom. The number of aromatic nitrogens is 4. The summed E-state index contributed by atoms with van der Waals surface area (Å²) in [7, 11) is -4.09. The van der Waals surface area contributed by atoms with Gasteiger partial charge in [-0.2, -0.15) is 0 Å². The van der Waals surface area contributed by atoms with Crippen molar-refractivity contribution in [1.29, 1.82) is 0 Å². The molecule has 4 aromatic rings. The lowest BCUT2D eigenvalue weighted by molar-refractivity contribution is 0.157. The molecule has 37 heavy (non-hydrogen) atoms. The molecule has 0 fully saturated rings. The van der Waals surface area contributed by atoms with Gasteiger partial charge in [-0.05, 0) is 43.4 Å². The summed E-state index contributed by atoms with van der Waals surface area (Å²) in [5, 5.41) is 13.2. The van der Waals surface area contributed by atoms with Crippen LogP contribution < -0.4 is 5.32 Å². The minimum atomic E-state index is -4.09. The Labute approximate surface area is 214 Å². The fraction of sp³-hybridized carbons (Fsp3) is 0.346. The van der Waals surface area contributed by atoms with Gasteiger partial charge in [-0.25, -0.2) is 36.1 Å². The summed E-state index contributed by atoms with van der Waals surface area (Å²) in [6, 6.07) is 7.42. The van der Waals surface area contributed by atoms with E-state index in [-0.39, 0.29) is 45.1 Å². The first-order valence-electron chi connectivity index (χ1n) is 11.8. The van der Waals surface area contributed by atoms with E-state index < -0.39 is 27.8 Å². The van der Waals surface area contributed by atoms with Gasteiger partial charge in [-0.15, -0.1) is 0 Å². The van der Waals surface area contributed by atoms with E-state index in [1.54, 1.807) is 12.1 Å². The van der Waals surface area contributed by atoms with Crippen molar-refractivity contribution in [3.8, 4) is 11.4 Å². The standard InChI is InChI=1S/C26H29F2N5O3S/c1-16-5-7-19(8-6-16)37(35,36)33-15-21(20-11-17(27)12-31-25(20)33)23-30-14-22(28)24(32-23)29-13-18(34)9-10-26(2,3)4/h5-8,11-12,14-15,18,34H,9-10,13H2,1-4H3,(H,29,30,32). The third-order valence-electron chi connectivity index (χ3n) is 5.87. The van der Waals surface area contributed by atoms with Crippen LogP contribution in [0.2, 0.25) is 0 Å². The lowest BCUT2D eigenvalue weighted by Gasteiger charge is -2.20. The average molecular weight is 530 g/mol. The third-order valence-corrected chi connectivity index (χ3v) is 7.54. The van der Waals surface area contributed by atoms with E-state index in [1.165, 1.54) is 18.3 Å². The Hall–Kier alpha value is -3.44. The second kappa shape index (κ2) is 10.1. The molecule has 0 bridgehead atoms. The van der Waals surface area contributed by atoms with Crippen LogP contribution in [0.3, 0.4) is 0 Å². The van der Waals surface area contributed by atoms with E-state index in [4.69, 9.17) is 0 Å². The number of rotatable bonds is 8. The van der Waals surface area contributed by atoms with Gasteiger partial charge in [0.05, 0.1) is 23.4 Å². The average Bonchev–Trinajstić information content (AvgIpc) is 3.21. The zero-order valence-electron chi connectivity index (χ0n) is 21.0. The molecule has 0 amide bonds. The van der Waals surface area contributed by atoms with Crippen LogP contribution in [0.5, 0.6) is 0 Å². The van der Waals surface area contributed by atoms with E-state index in [0.717, 1.165) is 34.4 Å². The summed E-state index contributed by atoms with van der Waals surface area (Å²) in [6.45, 7) is 8.10. The third kappa shape index (κ3) is 5.94. The number of fused-ring (bicyclic) bond motifs is 1. The van der Waals surface area contributed by atoms with Crippen molar-refractivity contribution < 1.29 is 22.3 Å². The first kappa shape index (κ1) is 26.6. The number of pyridine rings is 1. The summed E-state index contributed by atoms with van der Waals surface area (Å²) in [4.78, 5) is 12.3. The molecule has 3 heterocycles. The zero-order valence-corrected chi connectivity index (χ0v) is 21.9. The molecule has 3 aromatic heterocycles. The van der Waals surface area contributed by atoms with Crippen LogP contribution >= 0.6 is 0 Å². The van der Waals surface area contributed by atoms with Gasteiger partial charge in [0.25, 0.3) is 10.0 Å². The molecule has 4 rings (SSSR count). The van der Waals surface area contributed by atoms with Crippen LogP contribution in [0.1, 0.15) is 39.2 Å². The molecular weight excluding hydrogens is 500 g/mol. The number of nitrogens with one attached hydrogen (secondary N) is 1. The molecule has 1 unspecified atom stereocenters. The maximum Gasteiger partial charge on any atom is 0.269 e. The predicted octanol–water partition coefficient (Wildman–Crippen LogP) is 4.92. The Bertz CT molecular complexity index is 1530. The van der Waals surface area contributed by atoms with Crippen LogP contribution in [-0.4, -0.2) is 45.1 Å². The van der Waals surface area contributed by atoms with Crippen LogP contribution in [0.25, 0.3) is 22.4 Å². The van der Waals surface area contributed by atoms with E-state index in [2.05, 4.69) is 41.0 Å². The van der Waals surface area contributed by atoms with Gasteiger partial charge >= 0.3 is 0 Å². The molecule has 1 aromatic carbocycles. The number of aliphatic hydroxyl groups is 1. The maximum absolute atomic E-state index is 14.5. The lowest BCUT2D eigenvalue weighted by atomic mass is 9.89. The first-order chi connectivity index (χ1) is 17.3. The number of aliphatic hydroxyl groups excluding tert-OH is 1. The van der Waals surface area contributed by atoms with E-state index in [1.807, 2.05) is 6.92 Å². The van der Waals surface area contributed by atoms with Gasteiger partial charge in [0.1, 0.15) is 5.82 Å². The second-order valence-electron chi connectivity index (χ2n) is 10.2. The molecule has 0 aliphatic rings. The van der Waals surface area contributed by atoms with Gasteiger partial charge in [0.2, 0.25) is 0 Å². The Kier molecular flexibility index (Phi) is 7.29. The van der Waals surface area contributed by atoms with Gasteiger partial charge in [-0.3, -0.25) is 0 Å². The lowest BCUT2D eigenvalue weighted by Crippen LogP contribution is -2.22.